The van der Waals surface area contributed by atoms with Gasteiger partial charge in [-0.25, -0.2) is 4.98 Å². The smallest absolute Gasteiger partial charge is 0.226 e. The van der Waals surface area contributed by atoms with Crippen molar-refractivity contribution in [1.82, 2.24) is 14.8 Å². The summed E-state index contributed by atoms with van der Waals surface area (Å²) in [5, 5.41) is 18.7. The lowest BCUT2D eigenvalue weighted by Gasteiger charge is -2.25. The Balaban J connectivity index is 1.63. The molecule has 0 bridgehead atoms. The van der Waals surface area contributed by atoms with Crippen molar-refractivity contribution < 1.29 is 24.1 Å². The highest BCUT2D eigenvalue weighted by Crippen LogP contribution is 2.45. The number of amides is 1. The fraction of sp³-hybridized carbons (Fsp3) is 0.292. The summed E-state index contributed by atoms with van der Waals surface area (Å²) in [6, 6.07) is 9.23. The van der Waals surface area contributed by atoms with Crippen LogP contribution in [0, 0.1) is 6.92 Å². The van der Waals surface area contributed by atoms with Gasteiger partial charge >= 0.3 is 0 Å². The number of anilines is 1. The predicted octanol–water partition coefficient (Wildman–Crippen LogP) is 4.39. The number of rotatable bonds is 6. The molecule has 0 spiro atoms. The van der Waals surface area contributed by atoms with Gasteiger partial charge in [-0.2, -0.15) is 9.78 Å². The molecule has 0 saturated carbocycles. The Morgan fingerprint density at radius 1 is 1.21 bits per heavy atom. The molecule has 34 heavy (non-hydrogen) atoms. The van der Waals surface area contributed by atoms with Crippen LogP contribution in [0.2, 0.25) is 0 Å². The molecule has 1 atom stereocenters. The second-order valence-electron chi connectivity index (χ2n) is 7.90. The molecular weight excluding hydrogens is 456 g/mol. The molecule has 1 aliphatic rings. The Kier molecular flexibility index (Phi) is 5.52. The monoisotopic (exact) mass is 480 g/mol. The molecule has 2 N–H and O–H groups in total. The maximum Gasteiger partial charge on any atom is 0.226 e. The Hall–Kier alpha value is -3.79. The van der Waals surface area contributed by atoms with Crippen molar-refractivity contribution in [3.8, 4) is 28.1 Å². The molecule has 2 aromatic heterocycles. The molecule has 0 saturated heterocycles. The molecule has 9 nitrogen and oxygen atoms in total. The maximum atomic E-state index is 12.8. The number of benzene rings is 2. The van der Waals surface area contributed by atoms with Crippen LogP contribution in [-0.4, -0.2) is 46.6 Å². The van der Waals surface area contributed by atoms with Crippen LogP contribution >= 0.6 is 11.3 Å². The third-order valence-electron chi connectivity index (χ3n) is 5.85. The van der Waals surface area contributed by atoms with Crippen LogP contribution in [0.3, 0.4) is 0 Å². The lowest BCUT2D eigenvalue weighted by Crippen LogP contribution is -2.25. The summed E-state index contributed by atoms with van der Waals surface area (Å²) in [6.45, 7) is 4.44. The molecule has 3 heterocycles. The van der Waals surface area contributed by atoms with Gasteiger partial charge in [0.15, 0.2) is 11.5 Å². The molecule has 0 unspecified atom stereocenters. The van der Waals surface area contributed by atoms with Gasteiger partial charge in [-0.15, -0.1) is 0 Å². The molecule has 5 rings (SSSR count). The van der Waals surface area contributed by atoms with E-state index in [1.807, 2.05) is 32.0 Å². The van der Waals surface area contributed by atoms with Crippen molar-refractivity contribution in [3.05, 3.63) is 47.2 Å². The minimum atomic E-state index is -0.292. The van der Waals surface area contributed by atoms with Crippen molar-refractivity contribution in [1.29, 1.82) is 0 Å². The summed E-state index contributed by atoms with van der Waals surface area (Å²) in [5.41, 5.74) is 3.29. The van der Waals surface area contributed by atoms with Gasteiger partial charge in [0.2, 0.25) is 16.8 Å². The number of methoxy groups -OCH3 is 2. The van der Waals surface area contributed by atoms with E-state index in [-0.39, 0.29) is 35.5 Å². The SMILES string of the molecule is CCOc1ccc2nc(-n3nc(C)c4c3NC(=O)C[C@H]4c3cc(OC)c(O)c(OC)c3)sc2c1. The number of hydrogen-bond acceptors (Lipinski definition) is 8. The highest BCUT2D eigenvalue weighted by molar-refractivity contribution is 7.20. The zero-order valence-electron chi connectivity index (χ0n) is 19.2. The molecule has 0 radical (unpaired) electrons. The van der Waals surface area contributed by atoms with Gasteiger partial charge in [0.25, 0.3) is 0 Å². The summed E-state index contributed by atoms with van der Waals surface area (Å²) >= 11 is 1.47. The Morgan fingerprint density at radius 2 is 1.94 bits per heavy atom. The summed E-state index contributed by atoms with van der Waals surface area (Å²) in [7, 11) is 2.95. The number of ether oxygens (including phenoxy) is 3. The van der Waals surface area contributed by atoms with Crippen LogP contribution in [-0.2, 0) is 4.79 Å². The molecule has 1 amide bonds. The van der Waals surface area contributed by atoms with Crippen molar-refractivity contribution >= 4 is 33.3 Å². The van der Waals surface area contributed by atoms with E-state index < -0.39 is 0 Å². The number of phenols is 1. The van der Waals surface area contributed by atoms with Crippen LogP contribution in [0.15, 0.2) is 30.3 Å². The first kappa shape index (κ1) is 22.0. The van der Waals surface area contributed by atoms with Gasteiger partial charge in [0, 0.05) is 17.9 Å². The average molecular weight is 481 g/mol. The van der Waals surface area contributed by atoms with Gasteiger partial charge in [0.05, 0.1) is 36.7 Å². The molecule has 4 aromatic rings. The number of nitrogens with one attached hydrogen (secondary N) is 1. The number of nitrogens with zero attached hydrogens (tertiary/aromatic N) is 3. The fourth-order valence-electron chi connectivity index (χ4n) is 4.33. The minimum Gasteiger partial charge on any atom is -0.502 e. The van der Waals surface area contributed by atoms with Crippen LogP contribution in [0.4, 0.5) is 5.82 Å². The normalized spacial score (nSPS) is 15.2. The average Bonchev–Trinajstić information content (AvgIpc) is 3.39. The predicted molar refractivity (Wildman–Crippen MR) is 129 cm³/mol. The van der Waals surface area contributed by atoms with Gasteiger partial charge in [-0.3, -0.25) is 4.79 Å². The first-order valence-corrected chi connectivity index (χ1v) is 11.6. The number of thiazole rings is 1. The van der Waals surface area contributed by atoms with E-state index in [4.69, 9.17) is 24.3 Å². The molecular formula is C24H24N4O5S. The fourth-order valence-corrected chi connectivity index (χ4v) is 5.28. The highest BCUT2D eigenvalue weighted by atomic mass is 32.1. The van der Waals surface area contributed by atoms with Gasteiger partial charge in [-0.1, -0.05) is 11.3 Å². The van der Waals surface area contributed by atoms with Gasteiger partial charge < -0.3 is 24.6 Å². The van der Waals surface area contributed by atoms with Crippen LogP contribution < -0.4 is 19.5 Å². The largest absolute Gasteiger partial charge is 0.502 e. The Bertz CT molecular complexity index is 1390. The molecule has 0 aliphatic carbocycles. The zero-order valence-corrected chi connectivity index (χ0v) is 20.0. The summed E-state index contributed by atoms with van der Waals surface area (Å²) in [5.74, 6) is 1.43. The standard InChI is InChI=1S/C24H24N4O5S/c1-5-33-14-6-7-16-19(10-14)34-24(25-16)28-23-21(12(2)27-28)15(11-20(29)26-23)13-8-17(31-3)22(30)18(9-13)32-4/h6-10,15,30H,5,11H2,1-4H3,(H,26,29)/t15-/m0/s1. The van der Waals surface area contributed by atoms with Crippen molar-refractivity contribution in [2.24, 2.45) is 0 Å². The number of fused-ring (bicyclic) bond motifs is 2. The van der Waals surface area contributed by atoms with E-state index in [1.54, 1.807) is 16.8 Å². The third kappa shape index (κ3) is 3.60. The first-order chi connectivity index (χ1) is 16.4. The van der Waals surface area contributed by atoms with Gasteiger partial charge in [-0.05, 0) is 49.7 Å². The molecule has 1 aliphatic heterocycles. The second kappa shape index (κ2) is 8.53. The molecule has 0 fully saturated rings. The second-order valence-corrected chi connectivity index (χ2v) is 8.91. The van der Waals surface area contributed by atoms with Crippen molar-refractivity contribution in [2.45, 2.75) is 26.2 Å². The van der Waals surface area contributed by atoms with Crippen LogP contribution in [0.25, 0.3) is 15.3 Å². The number of aromatic nitrogens is 3. The van der Waals surface area contributed by atoms with Crippen LogP contribution in [0.1, 0.15) is 36.1 Å². The number of aromatic hydroxyl groups is 1. The summed E-state index contributed by atoms with van der Waals surface area (Å²) in [6.07, 6.45) is 0.230. The van der Waals surface area contributed by atoms with E-state index in [2.05, 4.69) is 5.32 Å². The number of aryl methyl sites for hydroxylation is 1. The number of phenolic OH excluding ortho intramolecular Hbond substituents is 1. The topological polar surface area (TPSA) is 108 Å². The number of carbonyl (C=O) groups is 1. The maximum absolute atomic E-state index is 12.8. The van der Waals surface area contributed by atoms with Crippen molar-refractivity contribution in [3.63, 3.8) is 0 Å². The summed E-state index contributed by atoms with van der Waals surface area (Å²) in [4.78, 5) is 17.5. The lowest BCUT2D eigenvalue weighted by atomic mass is 9.85. The molecule has 10 heteroatoms. The Labute approximate surface area is 199 Å². The van der Waals surface area contributed by atoms with E-state index in [1.165, 1.54) is 25.6 Å². The highest BCUT2D eigenvalue weighted by Gasteiger charge is 2.34. The summed E-state index contributed by atoms with van der Waals surface area (Å²) < 4.78 is 18.9. The first-order valence-electron chi connectivity index (χ1n) is 10.8. The lowest BCUT2D eigenvalue weighted by molar-refractivity contribution is -0.116. The molecule has 2 aromatic carbocycles. The number of carbonyl (C=O) groups excluding carboxylic acids is 1. The minimum absolute atomic E-state index is 0.0810. The Morgan fingerprint density at radius 3 is 2.62 bits per heavy atom. The zero-order chi connectivity index (χ0) is 24.0. The van der Waals surface area contributed by atoms with Crippen LogP contribution in [0.5, 0.6) is 23.0 Å². The van der Waals surface area contributed by atoms with Crippen molar-refractivity contribution in [2.75, 3.05) is 26.1 Å². The number of hydrogen-bond donors (Lipinski definition) is 2. The van der Waals surface area contributed by atoms with E-state index in [0.29, 0.717) is 17.6 Å². The third-order valence-corrected chi connectivity index (χ3v) is 6.84. The van der Waals surface area contributed by atoms with Gasteiger partial charge in [0.1, 0.15) is 11.6 Å². The van der Waals surface area contributed by atoms with E-state index >= 15 is 0 Å². The van der Waals surface area contributed by atoms with E-state index in [9.17, 15) is 9.90 Å². The quantitative estimate of drug-likeness (QED) is 0.421. The molecule has 176 valence electrons. The van der Waals surface area contributed by atoms with E-state index in [0.717, 1.165) is 32.8 Å².